The van der Waals surface area contributed by atoms with Crippen LogP contribution in [0.25, 0.3) is 21.3 Å². The molecule has 8 nitrogen and oxygen atoms in total. The van der Waals surface area contributed by atoms with E-state index in [-0.39, 0.29) is 67.7 Å². The third kappa shape index (κ3) is 10.00. The second-order valence-electron chi connectivity index (χ2n) is 11.5. The van der Waals surface area contributed by atoms with Gasteiger partial charge >= 0.3 is 16.5 Å². The van der Waals surface area contributed by atoms with Crippen molar-refractivity contribution in [1.82, 2.24) is 0 Å². The summed E-state index contributed by atoms with van der Waals surface area (Å²) < 4.78 is 12.3. The van der Waals surface area contributed by atoms with Gasteiger partial charge in [-0.2, -0.15) is 13.1 Å². The molecule has 2 aromatic rings. The zero-order valence-electron chi connectivity index (χ0n) is 23.8. The summed E-state index contributed by atoms with van der Waals surface area (Å²) in [7, 11) is 0. The van der Waals surface area contributed by atoms with Gasteiger partial charge in [0.25, 0.3) is 0 Å². The first-order valence-corrected chi connectivity index (χ1v) is 13.0. The fraction of sp³-hybridized carbons (Fsp3) is 0.533. The first-order chi connectivity index (χ1) is 17.8. The minimum Gasteiger partial charge on any atom is -0.660 e. The Balaban J connectivity index is 0.00000533. The van der Waals surface area contributed by atoms with Crippen LogP contribution >= 0.6 is 0 Å². The summed E-state index contributed by atoms with van der Waals surface area (Å²) in [4.78, 5) is 26.9. The summed E-state index contributed by atoms with van der Waals surface area (Å²) in [6.07, 6.45) is 0. The minimum atomic E-state index is -1.26. The van der Waals surface area contributed by atoms with E-state index in [9.17, 15) is 9.59 Å². The molecule has 1 aliphatic heterocycles. The Labute approximate surface area is 243 Å². The van der Waals surface area contributed by atoms with Crippen molar-refractivity contribution in [2.45, 2.75) is 77.0 Å². The van der Waals surface area contributed by atoms with Crippen LogP contribution in [0.15, 0.2) is 60.7 Å². The quantitative estimate of drug-likeness (QED) is 0.388. The molecule has 0 radical (unpaired) electrons. The molecule has 1 heterocycles. The van der Waals surface area contributed by atoms with Crippen LogP contribution in [-0.4, -0.2) is 60.3 Å². The van der Waals surface area contributed by atoms with E-state index in [1.807, 2.05) is 88.4 Å². The number of nitrogens with zero attached hydrogens (tertiary/aromatic N) is 4. The first kappa shape index (κ1) is 32.9. The molecule has 2 unspecified atom stereocenters. The third-order valence-corrected chi connectivity index (χ3v) is 6.34. The van der Waals surface area contributed by atoms with Crippen molar-refractivity contribution in [2.75, 3.05) is 26.2 Å². The molecular weight excluding hydrogens is 539 g/mol. The summed E-state index contributed by atoms with van der Waals surface area (Å²) >= 11 is 0. The van der Waals surface area contributed by atoms with E-state index >= 15 is 0 Å². The van der Waals surface area contributed by atoms with Gasteiger partial charge in [-0.3, -0.25) is 0 Å². The van der Waals surface area contributed by atoms with Crippen LogP contribution in [0.5, 0.6) is 0 Å². The topological polar surface area (TPSA) is 109 Å². The molecule has 39 heavy (non-hydrogen) atoms. The molecule has 0 N–H and O–H groups in total. The van der Waals surface area contributed by atoms with Crippen LogP contribution < -0.4 is 0 Å². The Bertz CT molecular complexity index is 982. The molecule has 3 rings (SSSR count). The van der Waals surface area contributed by atoms with Gasteiger partial charge in [0.1, 0.15) is 0 Å². The smallest absolute Gasteiger partial charge is 0.660 e. The Morgan fingerprint density at radius 2 is 0.923 bits per heavy atom. The van der Waals surface area contributed by atoms with Crippen molar-refractivity contribution in [1.29, 1.82) is 0 Å². The van der Waals surface area contributed by atoms with Crippen molar-refractivity contribution >= 4 is 11.8 Å². The second kappa shape index (κ2) is 13.9. The minimum absolute atomic E-state index is 0. The molecule has 1 aliphatic rings. The van der Waals surface area contributed by atoms with Crippen LogP contribution in [0.1, 0.15) is 52.7 Å². The summed E-state index contributed by atoms with van der Waals surface area (Å²) in [5.41, 5.74) is -2.23. The summed E-state index contributed by atoms with van der Waals surface area (Å²) in [5, 5.41) is 18.3. The normalized spacial score (nSPS) is 25.9. The summed E-state index contributed by atoms with van der Waals surface area (Å²) in [6.45, 7) is 11.9. The molecule has 216 valence electrons. The zero-order valence-corrected chi connectivity index (χ0v) is 24.7. The molecule has 0 bridgehead atoms. The van der Waals surface area contributed by atoms with E-state index in [1.54, 1.807) is 13.8 Å². The van der Waals surface area contributed by atoms with Crippen molar-refractivity contribution in [3.63, 3.8) is 0 Å². The van der Waals surface area contributed by atoms with Crippen LogP contribution in [0, 0.1) is 0 Å². The number of amides is 2. The van der Waals surface area contributed by atoms with E-state index in [0.717, 1.165) is 11.1 Å². The third-order valence-electron chi connectivity index (χ3n) is 6.34. The largest absolute Gasteiger partial charge is 2.00 e. The van der Waals surface area contributed by atoms with Crippen molar-refractivity contribution < 1.29 is 35.6 Å². The average Bonchev–Trinajstić information content (AvgIpc) is 2.86. The fourth-order valence-electron chi connectivity index (χ4n) is 3.93. The maximum absolute atomic E-state index is 13.4. The molecule has 0 spiro atoms. The molecule has 9 heteroatoms. The van der Waals surface area contributed by atoms with E-state index in [0.29, 0.717) is 0 Å². The molecule has 2 atom stereocenters. The number of hydrogen-bond acceptors (Lipinski definition) is 4. The zero-order chi connectivity index (χ0) is 27.9. The number of ether oxygens (including phenoxy) is 2. The van der Waals surface area contributed by atoms with Gasteiger partial charge in [0.05, 0.1) is 36.2 Å². The first-order valence-electron chi connectivity index (χ1n) is 13.0. The molecule has 2 amide bonds. The van der Waals surface area contributed by atoms with Gasteiger partial charge in [0, 0.05) is 0 Å². The predicted octanol–water partition coefficient (Wildman–Crippen LogP) is 6.05. The van der Waals surface area contributed by atoms with E-state index in [4.69, 9.17) is 9.47 Å². The van der Waals surface area contributed by atoms with Gasteiger partial charge in [-0.05, 0) is 25.0 Å². The van der Waals surface area contributed by atoms with E-state index < -0.39 is 22.3 Å². The Kier molecular flexibility index (Phi) is 11.7. The molecule has 0 aromatic heterocycles. The fourth-order valence-corrected chi connectivity index (χ4v) is 3.93. The summed E-state index contributed by atoms with van der Waals surface area (Å²) in [6, 6.07) is 19.3. The molecular formula is C30H40N4NiO4-2. The van der Waals surface area contributed by atoms with Crippen LogP contribution in [0.2, 0.25) is 0 Å². The van der Waals surface area contributed by atoms with Gasteiger partial charge in [-0.1, -0.05) is 88.4 Å². The standard InChI is InChI=1S/C30H42N4O4.Ni/c1-27(2)19-31-21-30(6,38-18-24-15-11-8-12-16-24)26(36)34-28(3,4)20-32-22-29(5,25(35)33-27)37-17-23-13-9-7-10-14-23;/h7-16H,17-22H2,1-6H3,(H2,33,34,35,36);/q-2;+2/p-2. The molecule has 0 saturated carbocycles. The monoisotopic (exact) mass is 578 g/mol. The molecule has 2 aromatic carbocycles. The SMILES string of the molecule is CC1(C)C[N-]CC(C)(OCc2ccccc2)C(=O)[N-]C(C)(C)C[N-]CC(C)(OCc2ccccc2)C(=O)[N-]1.[Ni+2]. The number of carbonyl (C=O) groups is 2. The Hall–Kier alpha value is -2.29. The number of rotatable bonds is 6. The number of benzene rings is 2. The Morgan fingerprint density at radius 1 is 0.590 bits per heavy atom. The van der Waals surface area contributed by atoms with E-state index in [2.05, 4.69) is 21.3 Å². The van der Waals surface area contributed by atoms with Gasteiger partial charge in [0.2, 0.25) is 0 Å². The van der Waals surface area contributed by atoms with Crippen LogP contribution in [0.4, 0.5) is 0 Å². The number of hydrogen-bond donors (Lipinski definition) is 0. The van der Waals surface area contributed by atoms with Gasteiger partial charge in [-0.15, -0.1) is 24.2 Å². The van der Waals surface area contributed by atoms with Crippen LogP contribution in [0.3, 0.4) is 0 Å². The van der Waals surface area contributed by atoms with Crippen molar-refractivity contribution in [2.24, 2.45) is 0 Å². The summed E-state index contributed by atoms with van der Waals surface area (Å²) in [5.74, 6) is -0.772. The molecule has 1 saturated heterocycles. The number of carbonyl (C=O) groups excluding carboxylic acids is 2. The maximum Gasteiger partial charge on any atom is 2.00 e. The maximum atomic E-state index is 13.4. The predicted molar refractivity (Wildman–Crippen MR) is 150 cm³/mol. The molecule has 0 aliphatic carbocycles. The Morgan fingerprint density at radius 3 is 1.26 bits per heavy atom. The second-order valence-corrected chi connectivity index (χ2v) is 11.5. The molecule has 1 fully saturated rings. The van der Waals surface area contributed by atoms with Gasteiger partial charge in [0.15, 0.2) is 0 Å². The van der Waals surface area contributed by atoms with Crippen molar-refractivity contribution in [3.05, 3.63) is 93.1 Å². The van der Waals surface area contributed by atoms with Gasteiger partial charge in [-0.25, -0.2) is 0 Å². The van der Waals surface area contributed by atoms with Gasteiger partial charge < -0.3 is 40.3 Å². The van der Waals surface area contributed by atoms with Crippen LogP contribution in [-0.2, 0) is 48.8 Å². The van der Waals surface area contributed by atoms with E-state index in [1.165, 1.54) is 0 Å². The van der Waals surface area contributed by atoms with Crippen molar-refractivity contribution in [3.8, 4) is 0 Å². The average molecular weight is 579 g/mol.